The van der Waals surface area contributed by atoms with E-state index in [1.165, 1.54) is 109 Å². The molecule has 0 aliphatic rings. The molecule has 3 N–H and O–H groups in total. The van der Waals surface area contributed by atoms with Crippen LogP contribution in [0.2, 0.25) is 0 Å². The van der Waals surface area contributed by atoms with Gasteiger partial charge >= 0.3 is 17.9 Å². The second kappa shape index (κ2) is 30.1. The molecule has 0 bridgehead atoms. The maximum absolute atomic E-state index is 11.1. The van der Waals surface area contributed by atoms with Gasteiger partial charge in [-0.3, -0.25) is 14.4 Å². The lowest BCUT2D eigenvalue weighted by molar-refractivity contribution is -0.929. The Morgan fingerprint density at radius 2 is 0.698 bits per heavy atom. The monoisotopic (exact) mass is 611 g/mol. The van der Waals surface area contributed by atoms with Crippen LogP contribution in [0.15, 0.2) is 12.2 Å². The van der Waals surface area contributed by atoms with Crippen molar-refractivity contribution in [1.29, 1.82) is 0 Å². The summed E-state index contributed by atoms with van der Waals surface area (Å²) in [6.45, 7) is 5.07. The van der Waals surface area contributed by atoms with Gasteiger partial charge in [-0.15, -0.1) is 0 Å². The number of nitrogens with zero attached hydrogens (tertiary/aromatic N) is 1. The minimum absolute atomic E-state index is 0.0929. The third-order valence-electron chi connectivity index (χ3n) is 8.72. The number of hydrogen-bond donors (Lipinski definition) is 3. The molecule has 0 aromatic rings. The van der Waals surface area contributed by atoms with E-state index >= 15 is 0 Å². The molecular weight excluding hydrogens is 542 g/mol. The standard InChI is InChI=1S/C36H67NO6/c1-2-3-4-5-6-7-8-9-10-11-12-13-14-15-16-17-18-19-20-21-22-23-30-37(31-24-27-34(38)39,32-25-28-35(40)41)33-26-29-36(42)43/h3-4H,2,5-33H2,1H3,(H2-,38,39,40,41,42,43)/p+1/b4-3+. The molecule has 0 aromatic heterocycles. The van der Waals surface area contributed by atoms with Gasteiger partial charge in [-0.25, -0.2) is 0 Å². The van der Waals surface area contributed by atoms with Crippen molar-refractivity contribution in [3.63, 3.8) is 0 Å². The van der Waals surface area contributed by atoms with Crippen molar-refractivity contribution in [1.82, 2.24) is 0 Å². The van der Waals surface area contributed by atoms with E-state index in [9.17, 15) is 14.4 Å². The van der Waals surface area contributed by atoms with Crippen LogP contribution in [0, 0.1) is 0 Å². The molecule has 0 aliphatic heterocycles. The third kappa shape index (κ3) is 29.9. The molecule has 0 aromatic carbocycles. The summed E-state index contributed by atoms with van der Waals surface area (Å²) < 4.78 is 0.644. The molecule has 0 atom stereocenters. The molecule has 0 saturated heterocycles. The fourth-order valence-electron chi connectivity index (χ4n) is 6.19. The van der Waals surface area contributed by atoms with Crippen LogP contribution in [0.3, 0.4) is 0 Å². The van der Waals surface area contributed by atoms with Gasteiger partial charge in [0.25, 0.3) is 0 Å². The summed E-state index contributed by atoms with van der Waals surface area (Å²) in [5, 5.41) is 27.3. The Morgan fingerprint density at radius 3 is 1.00 bits per heavy atom. The average molecular weight is 611 g/mol. The smallest absolute Gasteiger partial charge is 0.303 e. The Kier molecular flexibility index (Phi) is 28.8. The summed E-state index contributed by atoms with van der Waals surface area (Å²) in [6.07, 6.45) is 32.7. The Bertz CT molecular complexity index is 658. The molecule has 0 fully saturated rings. The number of carboxylic acids is 3. The summed E-state index contributed by atoms with van der Waals surface area (Å²) in [5.74, 6) is -2.47. The Morgan fingerprint density at radius 1 is 0.419 bits per heavy atom. The summed E-state index contributed by atoms with van der Waals surface area (Å²) in [7, 11) is 0. The molecule has 0 heterocycles. The van der Waals surface area contributed by atoms with Gasteiger partial charge in [0.1, 0.15) is 0 Å². The molecular formula is C36H68NO6+. The van der Waals surface area contributed by atoms with Crippen LogP contribution >= 0.6 is 0 Å². The molecule has 0 amide bonds. The van der Waals surface area contributed by atoms with Crippen LogP contribution < -0.4 is 0 Å². The van der Waals surface area contributed by atoms with E-state index in [0.29, 0.717) is 43.4 Å². The largest absolute Gasteiger partial charge is 0.481 e. The second-order valence-electron chi connectivity index (χ2n) is 12.8. The van der Waals surface area contributed by atoms with Gasteiger partial charge in [0.2, 0.25) is 0 Å². The quantitative estimate of drug-likeness (QED) is 0.0380. The van der Waals surface area contributed by atoms with Crippen molar-refractivity contribution in [2.75, 3.05) is 26.2 Å². The minimum Gasteiger partial charge on any atom is -0.481 e. The predicted octanol–water partition coefficient (Wildman–Crippen LogP) is 9.78. The van der Waals surface area contributed by atoms with Crippen molar-refractivity contribution in [2.45, 2.75) is 174 Å². The van der Waals surface area contributed by atoms with E-state index in [1.807, 2.05) is 0 Å². The summed E-state index contributed by atoms with van der Waals surface area (Å²) in [5.41, 5.74) is 0. The Balaban J connectivity index is 3.96. The van der Waals surface area contributed by atoms with E-state index in [1.54, 1.807) is 0 Å². The molecule has 0 spiro atoms. The zero-order chi connectivity index (χ0) is 31.9. The lowest BCUT2D eigenvalue weighted by Crippen LogP contribution is -2.51. The highest BCUT2D eigenvalue weighted by atomic mass is 16.4. The molecule has 0 aliphatic carbocycles. The zero-order valence-electron chi connectivity index (χ0n) is 27.9. The number of carboxylic acid groups (broad SMARTS) is 3. The first-order chi connectivity index (χ1) is 20.8. The van der Waals surface area contributed by atoms with Crippen LogP contribution in [0.25, 0.3) is 0 Å². The fourth-order valence-corrected chi connectivity index (χ4v) is 6.19. The number of unbranched alkanes of at least 4 members (excludes halogenated alkanes) is 18. The molecule has 43 heavy (non-hydrogen) atoms. The van der Waals surface area contributed by atoms with Gasteiger partial charge < -0.3 is 19.8 Å². The molecule has 0 unspecified atom stereocenters. The fraction of sp³-hybridized carbons (Fsp3) is 0.861. The van der Waals surface area contributed by atoms with Gasteiger partial charge in [0.05, 0.1) is 45.4 Å². The minimum atomic E-state index is -0.822. The highest BCUT2D eigenvalue weighted by Crippen LogP contribution is 2.19. The van der Waals surface area contributed by atoms with Crippen LogP contribution in [0.1, 0.15) is 174 Å². The molecule has 252 valence electrons. The van der Waals surface area contributed by atoms with Gasteiger partial charge in [0, 0.05) is 19.3 Å². The number of allylic oxidation sites excluding steroid dienone is 2. The van der Waals surface area contributed by atoms with E-state index in [0.717, 1.165) is 25.8 Å². The van der Waals surface area contributed by atoms with E-state index in [4.69, 9.17) is 15.3 Å². The van der Waals surface area contributed by atoms with E-state index < -0.39 is 17.9 Å². The van der Waals surface area contributed by atoms with Gasteiger partial charge in [-0.2, -0.15) is 0 Å². The maximum atomic E-state index is 11.1. The third-order valence-corrected chi connectivity index (χ3v) is 8.72. The molecule has 0 rings (SSSR count). The maximum Gasteiger partial charge on any atom is 0.303 e. The number of rotatable bonds is 34. The van der Waals surface area contributed by atoms with Crippen LogP contribution in [-0.4, -0.2) is 63.9 Å². The highest BCUT2D eigenvalue weighted by Gasteiger charge is 2.27. The van der Waals surface area contributed by atoms with Crippen molar-refractivity contribution in [2.24, 2.45) is 0 Å². The number of hydrogen-bond acceptors (Lipinski definition) is 3. The molecule has 0 radical (unpaired) electrons. The van der Waals surface area contributed by atoms with Crippen LogP contribution in [0.5, 0.6) is 0 Å². The first-order valence-corrected chi connectivity index (χ1v) is 18.0. The number of carbonyl (C=O) groups is 3. The van der Waals surface area contributed by atoms with Gasteiger partial charge in [0.15, 0.2) is 0 Å². The highest BCUT2D eigenvalue weighted by molar-refractivity contribution is 5.67. The van der Waals surface area contributed by atoms with Crippen molar-refractivity contribution < 1.29 is 34.2 Å². The Labute approximate surface area is 264 Å². The zero-order valence-corrected chi connectivity index (χ0v) is 27.9. The lowest BCUT2D eigenvalue weighted by Gasteiger charge is -2.39. The average Bonchev–Trinajstić information content (AvgIpc) is 2.95. The van der Waals surface area contributed by atoms with E-state index in [-0.39, 0.29) is 19.3 Å². The summed E-state index contributed by atoms with van der Waals surface area (Å²) in [6, 6.07) is 0. The predicted molar refractivity (Wildman–Crippen MR) is 177 cm³/mol. The topological polar surface area (TPSA) is 112 Å². The van der Waals surface area contributed by atoms with E-state index in [2.05, 4.69) is 19.1 Å². The van der Waals surface area contributed by atoms with Gasteiger partial charge in [-0.1, -0.05) is 115 Å². The number of quaternary nitrogens is 1. The first-order valence-electron chi connectivity index (χ1n) is 18.0. The molecule has 7 nitrogen and oxygen atoms in total. The van der Waals surface area contributed by atoms with Crippen molar-refractivity contribution in [3.05, 3.63) is 12.2 Å². The van der Waals surface area contributed by atoms with Crippen molar-refractivity contribution in [3.8, 4) is 0 Å². The number of aliphatic carboxylic acids is 3. The first kappa shape index (κ1) is 41.1. The SMILES string of the molecule is CC/C=C/CCCCCCCCCCCCCCCCCCCC[N+](CCCC(=O)O)(CCCC(=O)O)CCCC(=O)O. The van der Waals surface area contributed by atoms with Crippen LogP contribution in [-0.2, 0) is 14.4 Å². The van der Waals surface area contributed by atoms with Crippen molar-refractivity contribution >= 4 is 17.9 Å². The molecule has 0 saturated carbocycles. The summed E-state index contributed by atoms with van der Waals surface area (Å²) in [4.78, 5) is 33.3. The van der Waals surface area contributed by atoms with Gasteiger partial charge in [-0.05, 0) is 32.1 Å². The lowest BCUT2D eigenvalue weighted by atomic mass is 10.0. The molecule has 7 heteroatoms. The van der Waals surface area contributed by atoms with Crippen LogP contribution in [0.4, 0.5) is 0 Å². The Hall–Kier alpha value is -1.89. The second-order valence-corrected chi connectivity index (χ2v) is 12.8. The normalized spacial score (nSPS) is 11.8. The summed E-state index contributed by atoms with van der Waals surface area (Å²) >= 11 is 0.